The van der Waals surface area contributed by atoms with Gasteiger partial charge < -0.3 is 19.3 Å². The molecule has 1 amide bonds. The Morgan fingerprint density at radius 3 is 2.54 bits per heavy atom. The van der Waals surface area contributed by atoms with Crippen LogP contribution in [0.25, 0.3) is 0 Å². The molecule has 1 aromatic heterocycles. The number of aromatic nitrogens is 2. The third kappa shape index (κ3) is 4.60. The first kappa shape index (κ1) is 17.5. The first-order valence-corrected chi connectivity index (χ1v) is 8.08. The van der Waals surface area contributed by atoms with Gasteiger partial charge in [0.05, 0.1) is 13.5 Å². The van der Waals surface area contributed by atoms with Gasteiger partial charge in [-0.3, -0.25) is 4.79 Å². The topological polar surface area (TPSA) is 86.5 Å². The van der Waals surface area contributed by atoms with Crippen LogP contribution < -0.4 is 14.8 Å². The SMILES string of the molecule is COc1ccc(OCC(=O)Nc2ccccc2Cc2nc(C)no2)cc1. The van der Waals surface area contributed by atoms with Crippen molar-refractivity contribution in [1.82, 2.24) is 10.1 Å². The quantitative estimate of drug-likeness (QED) is 0.703. The highest BCUT2D eigenvalue weighted by Gasteiger charge is 2.11. The number of anilines is 1. The van der Waals surface area contributed by atoms with Crippen molar-refractivity contribution < 1.29 is 18.8 Å². The maximum absolute atomic E-state index is 12.2. The number of aryl methyl sites for hydroxylation is 1. The van der Waals surface area contributed by atoms with Crippen molar-refractivity contribution in [1.29, 1.82) is 0 Å². The van der Waals surface area contributed by atoms with Gasteiger partial charge in [0.2, 0.25) is 5.89 Å². The molecule has 2 aromatic carbocycles. The minimum Gasteiger partial charge on any atom is -0.497 e. The molecule has 0 aliphatic carbocycles. The van der Waals surface area contributed by atoms with E-state index in [2.05, 4.69) is 15.5 Å². The number of methoxy groups -OCH3 is 1. The summed E-state index contributed by atoms with van der Waals surface area (Å²) in [5, 5.41) is 6.63. The van der Waals surface area contributed by atoms with Crippen LogP contribution in [0, 0.1) is 6.92 Å². The summed E-state index contributed by atoms with van der Waals surface area (Å²) in [6.45, 7) is 1.66. The summed E-state index contributed by atoms with van der Waals surface area (Å²) in [4.78, 5) is 16.4. The maximum Gasteiger partial charge on any atom is 0.262 e. The molecule has 0 aliphatic rings. The Labute approximate surface area is 150 Å². The zero-order valence-electron chi connectivity index (χ0n) is 14.6. The van der Waals surface area contributed by atoms with Gasteiger partial charge in [0.15, 0.2) is 12.4 Å². The Morgan fingerprint density at radius 2 is 1.85 bits per heavy atom. The fraction of sp³-hybridized carbons (Fsp3) is 0.211. The van der Waals surface area contributed by atoms with Crippen molar-refractivity contribution in [2.45, 2.75) is 13.3 Å². The highest BCUT2D eigenvalue weighted by Crippen LogP contribution is 2.19. The van der Waals surface area contributed by atoms with Crippen molar-refractivity contribution >= 4 is 11.6 Å². The molecular formula is C19H19N3O4. The lowest BCUT2D eigenvalue weighted by molar-refractivity contribution is -0.118. The van der Waals surface area contributed by atoms with Crippen molar-refractivity contribution in [3.05, 3.63) is 65.8 Å². The predicted molar refractivity (Wildman–Crippen MR) is 95.4 cm³/mol. The van der Waals surface area contributed by atoms with E-state index in [1.54, 1.807) is 38.3 Å². The molecule has 0 spiro atoms. The van der Waals surface area contributed by atoms with Crippen molar-refractivity contribution in [2.24, 2.45) is 0 Å². The summed E-state index contributed by atoms with van der Waals surface area (Å²) in [5.41, 5.74) is 1.57. The minimum absolute atomic E-state index is 0.0969. The van der Waals surface area contributed by atoms with Gasteiger partial charge in [-0.05, 0) is 42.8 Å². The second kappa shape index (κ2) is 8.15. The molecular weight excluding hydrogens is 334 g/mol. The first-order valence-electron chi connectivity index (χ1n) is 8.08. The number of hydrogen-bond acceptors (Lipinski definition) is 6. The lowest BCUT2D eigenvalue weighted by Gasteiger charge is -2.11. The molecule has 3 rings (SSSR count). The van der Waals surface area contributed by atoms with Crippen LogP contribution in [0.5, 0.6) is 11.5 Å². The first-order chi connectivity index (χ1) is 12.6. The smallest absolute Gasteiger partial charge is 0.262 e. The second-order valence-corrected chi connectivity index (χ2v) is 5.58. The summed E-state index contributed by atoms with van der Waals surface area (Å²) in [5.74, 6) is 2.14. The Kier molecular flexibility index (Phi) is 5.48. The van der Waals surface area contributed by atoms with Gasteiger partial charge in [-0.1, -0.05) is 23.4 Å². The molecule has 3 aromatic rings. The molecule has 1 N–H and O–H groups in total. The Hall–Kier alpha value is -3.35. The molecule has 1 heterocycles. The van der Waals surface area contributed by atoms with Gasteiger partial charge in [-0.15, -0.1) is 0 Å². The monoisotopic (exact) mass is 353 g/mol. The number of benzene rings is 2. The van der Waals surface area contributed by atoms with Crippen LogP contribution in [0.15, 0.2) is 53.1 Å². The molecule has 7 heteroatoms. The summed E-state index contributed by atoms with van der Waals surface area (Å²) in [7, 11) is 1.59. The number of hydrogen-bond donors (Lipinski definition) is 1. The van der Waals surface area contributed by atoms with Crippen LogP contribution in [-0.4, -0.2) is 29.8 Å². The number of carbonyl (C=O) groups is 1. The molecule has 26 heavy (non-hydrogen) atoms. The summed E-state index contributed by atoms with van der Waals surface area (Å²) in [6.07, 6.45) is 0.441. The van der Waals surface area contributed by atoms with Crippen molar-refractivity contribution in [2.75, 3.05) is 19.0 Å². The predicted octanol–water partition coefficient (Wildman–Crippen LogP) is 2.99. The van der Waals surface area contributed by atoms with E-state index in [9.17, 15) is 4.79 Å². The minimum atomic E-state index is -0.255. The molecule has 0 bridgehead atoms. The van der Waals surface area contributed by atoms with E-state index in [4.69, 9.17) is 14.0 Å². The lowest BCUT2D eigenvalue weighted by Crippen LogP contribution is -2.21. The molecule has 0 fully saturated rings. The van der Waals surface area contributed by atoms with Gasteiger partial charge in [-0.2, -0.15) is 4.98 Å². The maximum atomic E-state index is 12.2. The number of amides is 1. The molecule has 0 saturated heterocycles. The van der Waals surface area contributed by atoms with E-state index in [1.165, 1.54) is 0 Å². The third-order valence-electron chi connectivity index (χ3n) is 3.63. The van der Waals surface area contributed by atoms with Crippen LogP contribution in [0.2, 0.25) is 0 Å². The number of para-hydroxylation sites is 1. The lowest BCUT2D eigenvalue weighted by atomic mass is 10.1. The van der Waals surface area contributed by atoms with Crippen molar-refractivity contribution in [3.8, 4) is 11.5 Å². The second-order valence-electron chi connectivity index (χ2n) is 5.58. The van der Waals surface area contributed by atoms with E-state index >= 15 is 0 Å². The normalized spacial score (nSPS) is 10.4. The summed E-state index contributed by atoms with van der Waals surface area (Å²) >= 11 is 0. The molecule has 0 aliphatic heterocycles. The summed E-state index contributed by atoms with van der Waals surface area (Å²) in [6, 6.07) is 14.5. The molecule has 7 nitrogen and oxygen atoms in total. The van der Waals surface area contributed by atoms with Crippen LogP contribution in [-0.2, 0) is 11.2 Å². The Morgan fingerprint density at radius 1 is 1.12 bits per heavy atom. The highest BCUT2D eigenvalue weighted by atomic mass is 16.5. The van der Waals surface area contributed by atoms with Crippen LogP contribution in [0.3, 0.4) is 0 Å². The largest absolute Gasteiger partial charge is 0.497 e. The van der Waals surface area contributed by atoms with E-state index in [-0.39, 0.29) is 12.5 Å². The molecule has 134 valence electrons. The van der Waals surface area contributed by atoms with E-state index < -0.39 is 0 Å². The fourth-order valence-corrected chi connectivity index (χ4v) is 2.38. The average Bonchev–Trinajstić information content (AvgIpc) is 3.07. The van der Waals surface area contributed by atoms with E-state index in [0.29, 0.717) is 29.6 Å². The molecule has 0 unspecified atom stereocenters. The number of nitrogens with one attached hydrogen (secondary N) is 1. The Bertz CT molecular complexity index is 875. The summed E-state index contributed by atoms with van der Waals surface area (Å²) < 4.78 is 15.7. The molecule has 0 atom stereocenters. The van der Waals surface area contributed by atoms with Crippen LogP contribution in [0.4, 0.5) is 5.69 Å². The Balaban J connectivity index is 1.60. The van der Waals surface area contributed by atoms with Gasteiger partial charge in [0.25, 0.3) is 5.91 Å². The standard InChI is InChI=1S/C19H19N3O4/c1-13-20-19(26-22-13)11-14-5-3-4-6-17(14)21-18(23)12-25-16-9-7-15(24-2)8-10-16/h3-10H,11-12H2,1-2H3,(H,21,23). The van der Waals surface area contributed by atoms with E-state index in [0.717, 1.165) is 11.3 Å². The number of carbonyl (C=O) groups excluding carboxylic acids is 1. The van der Waals surface area contributed by atoms with Crippen LogP contribution in [0.1, 0.15) is 17.3 Å². The molecule has 0 saturated carbocycles. The van der Waals surface area contributed by atoms with Gasteiger partial charge in [0.1, 0.15) is 11.5 Å². The highest BCUT2D eigenvalue weighted by molar-refractivity contribution is 5.92. The fourth-order valence-electron chi connectivity index (χ4n) is 2.38. The van der Waals surface area contributed by atoms with Gasteiger partial charge in [0, 0.05) is 5.69 Å². The number of nitrogens with zero attached hydrogens (tertiary/aromatic N) is 2. The number of ether oxygens (including phenoxy) is 2. The number of rotatable bonds is 7. The van der Waals surface area contributed by atoms with E-state index in [1.807, 2.05) is 24.3 Å². The van der Waals surface area contributed by atoms with Crippen molar-refractivity contribution in [3.63, 3.8) is 0 Å². The average molecular weight is 353 g/mol. The van der Waals surface area contributed by atoms with Gasteiger partial charge in [-0.25, -0.2) is 0 Å². The zero-order valence-corrected chi connectivity index (χ0v) is 14.6. The third-order valence-corrected chi connectivity index (χ3v) is 3.63. The van der Waals surface area contributed by atoms with Crippen LogP contribution >= 0.6 is 0 Å². The zero-order chi connectivity index (χ0) is 18.4. The molecule has 0 radical (unpaired) electrons. The van der Waals surface area contributed by atoms with Gasteiger partial charge >= 0.3 is 0 Å².